The molecule has 3 unspecified atom stereocenters. The Balaban J connectivity index is 2.33. The number of amides is 1. The third-order valence-corrected chi connectivity index (χ3v) is 3.60. The Morgan fingerprint density at radius 1 is 1.50 bits per heavy atom. The molecular formula is C13H23NO4. The molecule has 0 aromatic rings. The minimum atomic E-state index is -0.957. The van der Waals surface area contributed by atoms with E-state index in [0.29, 0.717) is 12.3 Å². The van der Waals surface area contributed by atoms with Gasteiger partial charge in [0.1, 0.15) is 6.04 Å². The van der Waals surface area contributed by atoms with Gasteiger partial charge >= 0.3 is 5.97 Å². The zero-order valence-electron chi connectivity index (χ0n) is 11.1. The number of hydrogen-bond donors (Lipinski definition) is 2. The average Bonchev–Trinajstić information content (AvgIpc) is 2.85. The third-order valence-electron chi connectivity index (χ3n) is 3.60. The van der Waals surface area contributed by atoms with E-state index in [1.807, 2.05) is 13.8 Å². The van der Waals surface area contributed by atoms with E-state index in [-0.39, 0.29) is 11.8 Å². The zero-order valence-corrected chi connectivity index (χ0v) is 11.1. The molecule has 1 amide bonds. The van der Waals surface area contributed by atoms with Crippen molar-refractivity contribution in [2.45, 2.75) is 45.6 Å². The van der Waals surface area contributed by atoms with Crippen molar-refractivity contribution in [2.24, 2.45) is 11.8 Å². The van der Waals surface area contributed by atoms with Gasteiger partial charge in [-0.25, -0.2) is 4.79 Å². The summed E-state index contributed by atoms with van der Waals surface area (Å²) in [7, 11) is 0. The lowest BCUT2D eigenvalue weighted by molar-refractivity contribution is -0.143. The number of carbonyl (C=O) groups excluding carboxylic acids is 1. The maximum Gasteiger partial charge on any atom is 0.326 e. The Bertz CT molecular complexity index is 287. The summed E-state index contributed by atoms with van der Waals surface area (Å²) >= 11 is 0. The Hall–Kier alpha value is -1.10. The van der Waals surface area contributed by atoms with Crippen LogP contribution in [0.5, 0.6) is 0 Å². The number of nitrogens with one attached hydrogen (secondary N) is 1. The van der Waals surface area contributed by atoms with E-state index in [1.165, 1.54) is 0 Å². The van der Waals surface area contributed by atoms with Gasteiger partial charge in [0, 0.05) is 19.6 Å². The second-order valence-corrected chi connectivity index (χ2v) is 5.04. The van der Waals surface area contributed by atoms with Crippen LogP contribution in [0, 0.1) is 11.8 Å². The first kappa shape index (κ1) is 15.0. The Morgan fingerprint density at radius 3 is 2.72 bits per heavy atom. The van der Waals surface area contributed by atoms with E-state index >= 15 is 0 Å². The van der Waals surface area contributed by atoms with Crippen LogP contribution in [0.2, 0.25) is 0 Å². The highest BCUT2D eigenvalue weighted by Crippen LogP contribution is 2.18. The molecule has 5 nitrogen and oxygen atoms in total. The molecule has 0 aromatic carbocycles. The summed E-state index contributed by atoms with van der Waals surface area (Å²) in [6, 6.07) is -0.776. The van der Waals surface area contributed by atoms with Crippen LogP contribution < -0.4 is 5.32 Å². The summed E-state index contributed by atoms with van der Waals surface area (Å²) in [5.41, 5.74) is 0. The standard InChI is InChI=1S/C13H23NO4/c1-3-9(2)12(13(16)17)14-11(15)5-4-10-6-7-18-8-10/h9-10,12H,3-8H2,1-2H3,(H,14,15)(H,16,17). The van der Waals surface area contributed by atoms with Crippen LogP contribution in [0.1, 0.15) is 39.5 Å². The van der Waals surface area contributed by atoms with Crippen LogP contribution in [0.3, 0.4) is 0 Å². The first-order valence-corrected chi connectivity index (χ1v) is 6.64. The van der Waals surface area contributed by atoms with Gasteiger partial charge in [-0.3, -0.25) is 4.79 Å². The molecule has 3 atom stereocenters. The molecule has 5 heteroatoms. The highest BCUT2D eigenvalue weighted by molar-refractivity contribution is 5.83. The molecule has 0 saturated carbocycles. The fourth-order valence-corrected chi connectivity index (χ4v) is 2.07. The molecule has 104 valence electrons. The number of aliphatic carboxylic acids is 1. The van der Waals surface area contributed by atoms with Crippen molar-refractivity contribution < 1.29 is 19.4 Å². The van der Waals surface area contributed by atoms with E-state index in [9.17, 15) is 9.59 Å². The van der Waals surface area contributed by atoms with Gasteiger partial charge in [-0.1, -0.05) is 20.3 Å². The van der Waals surface area contributed by atoms with Crippen LogP contribution in [0.25, 0.3) is 0 Å². The van der Waals surface area contributed by atoms with E-state index in [4.69, 9.17) is 9.84 Å². The molecule has 0 spiro atoms. The molecular weight excluding hydrogens is 234 g/mol. The molecule has 1 fully saturated rings. The van der Waals surface area contributed by atoms with Crippen LogP contribution in [-0.2, 0) is 14.3 Å². The number of rotatable bonds is 7. The fraction of sp³-hybridized carbons (Fsp3) is 0.846. The lowest BCUT2D eigenvalue weighted by atomic mass is 9.98. The summed E-state index contributed by atoms with van der Waals surface area (Å²) in [6.45, 7) is 5.25. The van der Waals surface area contributed by atoms with Crippen molar-refractivity contribution in [3.63, 3.8) is 0 Å². The van der Waals surface area contributed by atoms with Crippen molar-refractivity contribution in [3.05, 3.63) is 0 Å². The van der Waals surface area contributed by atoms with E-state index in [0.717, 1.165) is 32.5 Å². The molecule has 0 radical (unpaired) electrons. The lowest BCUT2D eigenvalue weighted by Gasteiger charge is -2.20. The Kier molecular flexibility index (Phi) is 6.12. The van der Waals surface area contributed by atoms with Gasteiger partial charge in [0.15, 0.2) is 0 Å². The molecule has 18 heavy (non-hydrogen) atoms. The Labute approximate surface area is 108 Å². The molecule has 1 saturated heterocycles. The van der Waals surface area contributed by atoms with Gasteiger partial charge in [-0.2, -0.15) is 0 Å². The van der Waals surface area contributed by atoms with Crippen molar-refractivity contribution in [3.8, 4) is 0 Å². The predicted octanol–water partition coefficient (Wildman–Crippen LogP) is 1.42. The molecule has 1 aliphatic heterocycles. The lowest BCUT2D eigenvalue weighted by Crippen LogP contribution is -2.45. The van der Waals surface area contributed by atoms with E-state index < -0.39 is 12.0 Å². The summed E-state index contributed by atoms with van der Waals surface area (Å²) in [5, 5.41) is 11.7. The molecule has 0 bridgehead atoms. The highest BCUT2D eigenvalue weighted by Gasteiger charge is 2.25. The predicted molar refractivity (Wildman–Crippen MR) is 67.2 cm³/mol. The van der Waals surface area contributed by atoms with Crippen LogP contribution >= 0.6 is 0 Å². The SMILES string of the molecule is CCC(C)C(NC(=O)CCC1CCOC1)C(=O)O. The Morgan fingerprint density at radius 2 is 2.22 bits per heavy atom. The van der Waals surface area contributed by atoms with Gasteiger partial charge in [-0.15, -0.1) is 0 Å². The van der Waals surface area contributed by atoms with E-state index in [2.05, 4.69) is 5.32 Å². The number of carboxylic acids is 1. The number of ether oxygens (including phenoxy) is 1. The maximum absolute atomic E-state index is 11.7. The summed E-state index contributed by atoms with van der Waals surface area (Å²) in [5.74, 6) is -0.736. The monoisotopic (exact) mass is 257 g/mol. The molecule has 2 N–H and O–H groups in total. The molecule has 0 aliphatic carbocycles. The first-order chi connectivity index (χ1) is 8.54. The molecule has 0 aromatic heterocycles. The highest BCUT2D eigenvalue weighted by atomic mass is 16.5. The fourth-order valence-electron chi connectivity index (χ4n) is 2.07. The molecule has 1 heterocycles. The minimum Gasteiger partial charge on any atom is -0.480 e. The van der Waals surface area contributed by atoms with Gasteiger partial charge in [0.2, 0.25) is 5.91 Å². The van der Waals surface area contributed by atoms with Gasteiger partial charge in [0.25, 0.3) is 0 Å². The number of carboxylic acid groups (broad SMARTS) is 1. The summed E-state index contributed by atoms with van der Waals surface area (Å²) < 4.78 is 5.24. The third kappa shape index (κ3) is 4.64. The molecule has 1 aliphatic rings. The zero-order chi connectivity index (χ0) is 13.5. The smallest absolute Gasteiger partial charge is 0.326 e. The second kappa shape index (κ2) is 7.36. The van der Waals surface area contributed by atoms with Crippen molar-refractivity contribution in [2.75, 3.05) is 13.2 Å². The van der Waals surface area contributed by atoms with Crippen LogP contribution in [0.15, 0.2) is 0 Å². The first-order valence-electron chi connectivity index (χ1n) is 6.64. The second-order valence-electron chi connectivity index (χ2n) is 5.04. The summed E-state index contributed by atoms with van der Waals surface area (Å²) in [4.78, 5) is 22.8. The van der Waals surface area contributed by atoms with Crippen molar-refractivity contribution in [1.82, 2.24) is 5.32 Å². The number of carbonyl (C=O) groups is 2. The maximum atomic E-state index is 11.7. The topological polar surface area (TPSA) is 75.6 Å². The quantitative estimate of drug-likeness (QED) is 0.723. The number of hydrogen-bond acceptors (Lipinski definition) is 3. The summed E-state index contributed by atoms with van der Waals surface area (Å²) in [6.07, 6.45) is 2.89. The van der Waals surface area contributed by atoms with Crippen molar-refractivity contribution in [1.29, 1.82) is 0 Å². The average molecular weight is 257 g/mol. The van der Waals surface area contributed by atoms with Crippen LogP contribution in [0.4, 0.5) is 0 Å². The van der Waals surface area contributed by atoms with Gasteiger partial charge < -0.3 is 15.2 Å². The van der Waals surface area contributed by atoms with E-state index in [1.54, 1.807) is 0 Å². The minimum absolute atomic E-state index is 0.0544. The molecule has 1 rings (SSSR count). The van der Waals surface area contributed by atoms with Crippen LogP contribution in [-0.4, -0.2) is 36.2 Å². The van der Waals surface area contributed by atoms with Gasteiger partial charge in [-0.05, 0) is 24.7 Å². The largest absolute Gasteiger partial charge is 0.480 e. The van der Waals surface area contributed by atoms with Crippen molar-refractivity contribution >= 4 is 11.9 Å². The van der Waals surface area contributed by atoms with Gasteiger partial charge in [0.05, 0.1) is 0 Å². The normalized spacial score (nSPS) is 22.4.